The Morgan fingerprint density at radius 1 is 1.50 bits per heavy atom. The molecule has 1 heterocycles. The van der Waals surface area contributed by atoms with Gasteiger partial charge in [-0.1, -0.05) is 6.07 Å². The van der Waals surface area contributed by atoms with E-state index in [9.17, 15) is 5.26 Å². The molecule has 3 heteroatoms. The first kappa shape index (κ1) is 11.5. The SMILES string of the molecule is CSC(C)c1cc(C#N)c2c(c1)CCNC2. The molecular weight excluding hydrogens is 216 g/mol. The number of nitrogens with one attached hydrogen (secondary N) is 1. The molecule has 0 amide bonds. The van der Waals surface area contributed by atoms with Gasteiger partial charge in [0.15, 0.2) is 0 Å². The van der Waals surface area contributed by atoms with Crippen LogP contribution in [-0.4, -0.2) is 12.8 Å². The molecule has 0 saturated heterocycles. The van der Waals surface area contributed by atoms with Gasteiger partial charge in [0.1, 0.15) is 0 Å². The fourth-order valence-corrected chi connectivity index (χ4v) is 2.50. The third kappa shape index (κ3) is 2.09. The summed E-state index contributed by atoms with van der Waals surface area (Å²) in [4.78, 5) is 0. The fourth-order valence-electron chi connectivity index (χ4n) is 2.10. The standard InChI is InChI=1S/C13H16N2S/c1-9(16-2)11-5-10-3-4-15-8-13(10)12(6-11)7-14/h5-6,9,15H,3-4,8H2,1-2H3. The molecule has 0 bridgehead atoms. The zero-order valence-corrected chi connectivity index (χ0v) is 10.5. The van der Waals surface area contributed by atoms with Gasteiger partial charge in [-0.15, -0.1) is 0 Å². The highest BCUT2D eigenvalue weighted by Crippen LogP contribution is 2.30. The van der Waals surface area contributed by atoms with Crippen LogP contribution in [0.4, 0.5) is 0 Å². The number of fused-ring (bicyclic) bond motifs is 1. The van der Waals surface area contributed by atoms with Gasteiger partial charge in [0.05, 0.1) is 11.6 Å². The van der Waals surface area contributed by atoms with E-state index in [1.54, 1.807) is 0 Å². The number of rotatable bonds is 2. The Balaban J connectivity index is 2.48. The van der Waals surface area contributed by atoms with Gasteiger partial charge in [-0.2, -0.15) is 17.0 Å². The molecule has 84 valence electrons. The highest BCUT2D eigenvalue weighted by molar-refractivity contribution is 7.98. The third-order valence-corrected chi connectivity index (χ3v) is 4.16. The van der Waals surface area contributed by atoms with Crippen molar-refractivity contribution in [3.63, 3.8) is 0 Å². The molecule has 1 unspecified atom stereocenters. The van der Waals surface area contributed by atoms with E-state index in [-0.39, 0.29) is 0 Å². The van der Waals surface area contributed by atoms with Crippen LogP contribution in [0.3, 0.4) is 0 Å². The van der Waals surface area contributed by atoms with Crippen LogP contribution >= 0.6 is 11.8 Å². The highest BCUT2D eigenvalue weighted by Gasteiger charge is 2.16. The smallest absolute Gasteiger partial charge is 0.0995 e. The van der Waals surface area contributed by atoms with Gasteiger partial charge in [0.2, 0.25) is 0 Å². The average molecular weight is 232 g/mol. The van der Waals surface area contributed by atoms with E-state index in [1.165, 1.54) is 16.7 Å². The van der Waals surface area contributed by atoms with Crippen molar-refractivity contribution >= 4 is 11.8 Å². The second-order valence-electron chi connectivity index (χ2n) is 4.12. The minimum absolute atomic E-state index is 0.465. The largest absolute Gasteiger partial charge is 0.312 e. The van der Waals surface area contributed by atoms with Crippen molar-refractivity contribution in [2.24, 2.45) is 0 Å². The van der Waals surface area contributed by atoms with Crippen molar-refractivity contribution in [1.29, 1.82) is 5.26 Å². The number of thioether (sulfide) groups is 1. The summed E-state index contributed by atoms with van der Waals surface area (Å²) >= 11 is 1.82. The number of nitrogens with zero attached hydrogens (tertiary/aromatic N) is 1. The molecule has 0 fully saturated rings. The molecule has 1 aromatic carbocycles. The molecule has 0 radical (unpaired) electrons. The molecule has 0 aliphatic carbocycles. The van der Waals surface area contributed by atoms with Gasteiger partial charge in [-0.05, 0) is 48.9 Å². The molecule has 0 spiro atoms. The molecule has 0 aromatic heterocycles. The zero-order chi connectivity index (χ0) is 11.5. The number of hydrogen-bond acceptors (Lipinski definition) is 3. The Bertz CT molecular complexity index is 434. The quantitative estimate of drug-likeness (QED) is 0.851. The van der Waals surface area contributed by atoms with E-state index in [4.69, 9.17) is 0 Å². The van der Waals surface area contributed by atoms with E-state index >= 15 is 0 Å². The Labute approximate surface area is 101 Å². The molecule has 2 nitrogen and oxygen atoms in total. The molecular formula is C13H16N2S. The number of hydrogen-bond donors (Lipinski definition) is 1. The number of benzene rings is 1. The van der Waals surface area contributed by atoms with Crippen LogP contribution in [0.25, 0.3) is 0 Å². The predicted molar refractivity (Wildman–Crippen MR) is 68.5 cm³/mol. The van der Waals surface area contributed by atoms with Crippen LogP contribution in [0, 0.1) is 11.3 Å². The molecule has 1 aliphatic rings. The van der Waals surface area contributed by atoms with E-state index < -0.39 is 0 Å². The summed E-state index contributed by atoms with van der Waals surface area (Å²) in [5.41, 5.74) is 4.69. The lowest BCUT2D eigenvalue weighted by Crippen LogP contribution is -2.24. The molecule has 1 aliphatic heterocycles. The van der Waals surface area contributed by atoms with Crippen LogP contribution in [0.15, 0.2) is 12.1 Å². The van der Waals surface area contributed by atoms with E-state index in [1.807, 2.05) is 17.8 Å². The van der Waals surface area contributed by atoms with Gasteiger partial charge in [0, 0.05) is 11.8 Å². The van der Waals surface area contributed by atoms with Crippen molar-refractivity contribution in [3.8, 4) is 6.07 Å². The van der Waals surface area contributed by atoms with Crippen molar-refractivity contribution in [2.45, 2.75) is 25.1 Å². The van der Waals surface area contributed by atoms with Crippen LogP contribution in [-0.2, 0) is 13.0 Å². The van der Waals surface area contributed by atoms with Crippen LogP contribution in [0.2, 0.25) is 0 Å². The molecule has 0 saturated carbocycles. The fraction of sp³-hybridized carbons (Fsp3) is 0.462. The minimum atomic E-state index is 0.465. The summed E-state index contributed by atoms with van der Waals surface area (Å²) < 4.78 is 0. The second kappa shape index (κ2) is 4.90. The molecule has 1 atom stereocenters. The number of nitriles is 1. The summed E-state index contributed by atoms with van der Waals surface area (Å²) in [6.07, 6.45) is 3.15. The molecule has 1 N–H and O–H groups in total. The Morgan fingerprint density at radius 2 is 2.31 bits per heavy atom. The monoisotopic (exact) mass is 232 g/mol. The first-order valence-electron chi connectivity index (χ1n) is 5.55. The lowest BCUT2D eigenvalue weighted by molar-refractivity contribution is 0.641. The van der Waals surface area contributed by atoms with Crippen molar-refractivity contribution in [1.82, 2.24) is 5.32 Å². The van der Waals surface area contributed by atoms with Gasteiger partial charge < -0.3 is 5.32 Å². The maximum absolute atomic E-state index is 9.19. The summed E-state index contributed by atoms with van der Waals surface area (Å²) in [7, 11) is 0. The molecule has 1 aromatic rings. The summed E-state index contributed by atoms with van der Waals surface area (Å²) in [5.74, 6) is 0. The Hall–Kier alpha value is -0.980. The average Bonchev–Trinajstić information content (AvgIpc) is 2.36. The molecule has 2 rings (SSSR count). The second-order valence-corrected chi connectivity index (χ2v) is 5.30. The maximum Gasteiger partial charge on any atom is 0.0995 e. The molecule has 16 heavy (non-hydrogen) atoms. The van der Waals surface area contributed by atoms with Gasteiger partial charge >= 0.3 is 0 Å². The first-order valence-corrected chi connectivity index (χ1v) is 6.84. The normalized spacial score (nSPS) is 16.3. The van der Waals surface area contributed by atoms with Crippen molar-refractivity contribution in [3.05, 3.63) is 34.4 Å². The third-order valence-electron chi connectivity index (χ3n) is 3.18. The van der Waals surface area contributed by atoms with Gasteiger partial charge in [0.25, 0.3) is 0 Å². The lowest BCUT2D eigenvalue weighted by atomic mass is 9.93. The van der Waals surface area contributed by atoms with E-state index in [0.29, 0.717) is 5.25 Å². The minimum Gasteiger partial charge on any atom is -0.312 e. The van der Waals surface area contributed by atoms with Crippen LogP contribution in [0.1, 0.15) is 34.4 Å². The zero-order valence-electron chi connectivity index (χ0n) is 9.71. The van der Waals surface area contributed by atoms with Gasteiger partial charge in [-0.25, -0.2) is 0 Å². The highest BCUT2D eigenvalue weighted by atomic mass is 32.2. The van der Waals surface area contributed by atoms with Crippen LogP contribution < -0.4 is 5.32 Å². The topological polar surface area (TPSA) is 35.8 Å². The lowest BCUT2D eigenvalue weighted by Gasteiger charge is -2.21. The van der Waals surface area contributed by atoms with Crippen molar-refractivity contribution in [2.75, 3.05) is 12.8 Å². The Kier molecular flexibility index (Phi) is 3.52. The van der Waals surface area contributed by atoms with E-state index in [0.717, 1.165) is 25.1 Å². The van der Waals surface area contributed by atoms with Gasteiger partial charge in [-0.3, -0.25) is 0 Å². The van der Waals surface area contributed by atoms with Crippen LogP contribution in [0.5, 0.6) is 0 Å². The van der Waals surface area contributed by atoms with Crippen molar-refractivity contribution < 1.29 is 0 Å². The summed E-state index contributed by atoms with van der Waals surface area (Å²) in [6.45, 7) is 4.05. The predicted octanol–water partition coefficient (Wildman–Crippen LogP) is 2.63. The first-order chi connectivity index (χ1) is 7.76. The summed E-state index contributed by atoms with van der Waals surface area (Å²) in [6, 6.07) is 6.65. The summed E-state index contributed by atoms with van der Waals surface area (Å²) in [5, 5.41) is 13.0. The van der Waals surface area contributed by atoms with E-state index in [2.05, 4.69) is 30.6 Å². The maximum atomic E-state index is 9.19. The Morgan fingerprint density at radius 3 is 3.00 bits per heavy atom.